The van der Waals surface area contributed by atoms with Gasteiger partial charge in [0, 0.05) is 13.1 Å². The van der Waals surface area contributed by atoms with E-state index in [4.69, 9.17) is 10.8 Å². The zero-order valence-corrected chi connectivity index (χ0v) is 14.2. The molecule has 0 saturated carbocycles. The summed E-state index contributed by atoms with van der Waals surface area (Å²) >= 11 is 3.92. The summed E-state index contributed by atoms with van der Waals surface area (Å²) < 4.78 is 26.5. The molecule has 1 amide bonds. The number of nitrogens with zero attached hydrogens (tertiary/aromatic N) is 1. The van der Waals surface area contributed by atoms with E-state index in [1.54, 1.807) is 6.92 Å². The number of carboxylic acids is 1. The standard InChI is InChI=1S/C11H13BrN2O5S2/c1-11(10(13)17)2-3-14(5-11)21(18,19)7-4-6(9(15)16)20-8(7)12/h4H,2-3,5H2,1H3,(H2,13,17)(H,15,16). The number of halogens is 1. The lowest BCUT2D eigenvalue weighted by Crippen LogP contribution is -2.38. The Kier molecular flexibility index (Phi) is 4.17. The van der Waals surface area contributed by atoms with Gasteiger partial charge < -0.3 is 10.8 Å². The largest absolute Gasteiger partial charge is 0.477 e. The van der Waals surface area contributed by atoms with Crippen molar-refractivity contribution in [1.82, 2.24) is 4.31 Å². The van der Waals surface area contributed by atoms with Crippen LogP contribution in [0.3, 0.4) is 0 Å². The van der Waals surface area contributed by atoms with Crippen LogP contribution in [0.15, 0.2) is 14.7 Å². The lowest BCUT2D eigenvalue weighted by atomic mass is 9.89. The highest BCUT2D eigenvalue weighted by atomic mass is 79.9. The van der Waals surface area contributed by atoms with E-state index in [1.165, 1.54) is 0 Å². The highest BCUT2D eigenvalue weighted by Gasteiger charge is 2.44. The molecule has 0 radical (unpaired) electrons. The second-order valence-corrected chi connectivity index (χ2v) is 9.34. The first-order chi connectivity index (χ1) is 9.58. The zero-order chi connectivity index (χ0) is 16.0. The summed E-state index contributed by atoms with van der Waals surface area (Å²) in [6.07, 6.45) is 0.342. The van der Waals surface area contributed by atoms with Crippen LogP contribution in [0, 0.1) is 5.41 Å². The number of thiophene rings is 1. The van der Waals surface area contributed by atoms with Crippen molar-refractivity contribution in [3.63, 3.8) is 0 Å². The minimum Gasteiger partial charge on any atom is -0.477 e. The van der Waals surface area contributed by atoms with Gasteiger partial charge in [-0.15, -0.1) is 11.3 Å². The lowest BCUT2D eigenvalue weighted by Gasteiger charge is -2.20. The molecule has 10 heteroatoms. The fourth-order valence-corrected chi connectivity index (χ4v) is 6.02. The van der Waals surface area contributed by atoms with Gasteiger partial charge in [-0.2, -0.15) is 4.31 Å². The van der Waals surface area contributed by atoms with Gasteiger partial charge in [-0.25, -0.2) is 13.2 Å². The normalized spacial score (nSPS) is 23.3. The van der Waals surface area contributed by atoms with Crippen LogP contribution in [-0.2, 0) is 14.8 Å². The maximum atomic E-state index is 12.6. The van der Waals surface area contributed by atoms with Crippen LogP contribution < -0.4 is 5.73 Å². The third kappa shape index (κ3) is 2.85. The average molecular weight is 397 g/mol. The molecule has 1 atom stereocenters. The van der Waals surface area contributed by atoms with Gasteiger partial charge in [0.1, 0.15) is 9.77 Å². The summed E-state index contributed by atoms with van der Waals surface area (Å²) in [5.74, 6) is -1.73. The van der Waals surface area contributed by atoms with Gasteiger partial charge in [0.2, 0.25) is 15.9 Å². The van der Waals surface area contributed by atoms with E-state index < -0.39 is 27.3 Å². The van der Waals surface area contributed by atoms with E-state index in [0.717, 1.165) is 21.7 Å². The lowest BCUT2D eigenvalue weighted by molar-refractivity contribution is -0.126. The fourth-order valence-electron chi connectivity index (χ4n) is 2.10. The molecular formula is C11H13BrN2O5S2. The predicted octanol–water partition coefficient (Wildman–Crippen LogP) is 1.09. The third-order valence-corrected chi connectivity index (χ3v) is 7.60. The number of hydrogen-bond donors (Lipinski definition) is 2. The predicted molar refractivity (Wildman–Crippen MR) is 79.7 cm³/mol. The molecule has 3 N–H and O–H groups in total. The molecule has 1 saturated heterocycles. The van der Waals surface area contributed by atoms with Gasteiger partial charge in [0.25, 0.3) is 0 Å². The van der Waals surface area contributed by atoms with Crippen LogP contribution in [0.5, 0.6) is 0 Å². The van der Waals surface area contributed by atoms with Crippen LogP contribution in [0.1, 0.15) is 23.0 Å². The van der Waals surface area contributed by atoms with Gasteiger partial charge in [-0.3, -0.25) is 4.79 Å². The third-order valence-electron chi connectivity index (χ3n) is 3.52. The monoisotopic (exact) mass is 396 g/mol. The summed E-state index contributed by atoms with van der Waals surface area (Å²) in [5.41, 5.74) is 4.41. The number of rotatable bonds is 4. The summed E-state index contributed by atoms with van der Waals surface area (Å²) in [6.45, 7) is 1.79. The maximum absolute atomic E-state index is 12.6. The Hall–Kier alpha value is -0.970. The summed E-state index contributed by atoms with van der Waals surface area (Å²) in [4.78, 5) is 22.2. The molecule has 1 aromatic rings. The summed E-state index contributed by atoms with van der Waals surface area (Å²) in [5, 5.41) is 8.93. The Bertz CT molecular complexity index is 714. The van der Waals surface area contributed by atoms with Crippen molar-refractivity contribution < 1.29 is 23.1 Å². The van der Waals surface area contributed by atoms with Crippen molar-refractivity contribution in [2.24, 2.45) is 11.1 Å². The first-order valence-corrected chi connectivity index (χ1v) is 8.95. The van der Waals surface area contributed by atoms with Gasteiger partial charge >= 0.3 is 5.97 Å². The van der Waals surface area contributed by atoms with Crippen LogP contribution >= 0.6 is 27.3 Å². The molecule has 2 heterocycles. The topological polar surface area (TPSA) is 118 Å². The smallest absolute Gasteiger partial charge is 0.345 e. The molecule has 1 aliphatic heterocycles. The van der Waals surface area contributed by atoms with Crippen molar-refractivity contribution >= 4 is 49.2 Å². The highest BCUT2D eigenvalue weighted by Crippen LogP contribution is 2.38. The average Bonchev–Trinajstić information content (AvgIpc) is 2.94. The molecule has 116 valence electrons. The van der Waals surface area contributed by atoms with E-state index >= 15 is 0 Å². The molecule has 1 unspecified atom stereocenters. The van der Waals surface area contributed by atoms with E-state index in [1.807, 2.05) is 0 Å². The maximum Gasteiger partial charge on any atom is 0.345 e. The molecule has 1 fully saturated rings. The van der Waals surface area contributed by atoms with Crippen molar-refractivity contribution in [1.29, 1.82) is 0 Å². The fraction of sp³-hybridized carbons (Fsp3) is 0.455. The number of nitrogens with two attached hydrogens (primary N) is 1. The Morgan fingerprint density at radius 1 is 1.52 bits per heavy atom. The molecule has 2 rings (SSSR count). The van der Waals surface area contributed by atoms with E-state index in [0.29, 0.717) is 6.42 Å². The van der Waals surface area contributed by atoms with E-state index in [9.17, 15) is 18.0 Å². The number of carboxylic acid groups (broad SMARTS) is 1. The number of hydrogen-bond acceptors (Lipinski definition) is 5. The summed E-state index contributed by atoms with van der Waals surface area (Å²) in [6, 6.07) is 1.12. The molecule has 0 spiro atoms. The first-order valence-electron chi connectivity index (χ1n) is 5.90. The molecule has 7 nitrogen and oxygen atoms in total. The minimum atomic E-state index is -3.86. The van der Waals surface area contributed by atoms with Crippen molar-refractivity contribution in [3.05, 3.63) is 14.7 Å². The zero-order valence-electron chi connectivity index (χ0n) is 11.0. The minimum absolute atomic E-state index is 0.00461. The van der Waals surface area contributed by atoms with Crippen LogP contribution in [0.25, 0.3) is 0 Å². The SMILES string of the molecule is CC1(C(N)=O)CCN(S(=O)(=O)c2cc(C(=O)O)sc2Br)C1. The highest BCUT2D eigenvalue weighted by molar-refractivity contribution is 9.11. The quantitative estimate of drug-likeness (QED) is 0.789. The number of aromatic carboxylic acids is 1. The molecule has 0 aromatic carbocycles. The Morgan fingerprint density at radius 3 is 2.57 bits per heavy atom. The molecular weight excluding hydrogens is 384 g/mol. The number of amides is 1. The van der Waals surface area contributed by atoms with Gasteiger partial charge in [-0.1, -0.05) is 0 Å². The second kappa shape index (κ2) is 5.34. The van der Waals surface area contributed by atoms with Crippen molar-refractivity contribution in [3.8, 4) is 0 Å². The molecule has 21 heavy (non-hydrogen) atoms. The summed E-state index contributed by atoms with van der Waals surface area (Å²) in [7, 11) is -3.86. The molecule has 1 aromatic heterocycles. The van der Waals surface area contributed by atoms with Crippen LogP contribution in [0.4, 0.5) is 0 Å². The van der Waals surface area contributed by atoms with Gasteiger partial charge in [0.15, 0.2) is 0 Å². The number of carbonyl (C=O) groups is 2. The molecule has 1 aliphatic rings. The van der Waals surface area contributed by atoms with Crippen molar-refractivity contribution in [2.45, 2.75) is 18.2 Å². The van der Waals surface area contributed by atoms with Crippen LogP contribution in [0.2, 0.25) is 0 Å². The van der Waals surface area contributed by atoms with E-state index in [2.05, 4.69) is 15.9 Å². The Labute approximate surface area is 133 Å². The number of carbonyl (C=O) groups excluding carboxylic acids is 1. The molecule has 0 bridgehead atoms. The Balaban J connectivity index is 2.36. The van der Waals surface area contributed by atoms with E-state index in [-0.39, 0.29) is 26.6 Å². The van der Waals surface area contributed by atoms with Crippen molar-refractivity contribution in [2.75, 3.05) is 13.1 Å². The second-order valence-electron chi connectivity index (χ2n) is 5.07. The van der Waals surface area contributed by atoms with Gasteiger partial charge in [0.05, 0.1) is 9.20 Å². The first kappa shape index (κ1) is 16.4. The number of primary amides is 1. The Morgan fingerprint density at radius 2 is 2.14 bits per heavy atom. The van der Waals surface area contributed by atoms with Gasteiger partial charge in [-0.05, 0) is 35.3 Å². The van der Waals surface area contributed by atoms with Crippen LogP contribution in [-0.4, -0.2) is 42.8 Å². The number of sulfonamides is 1. The molecule has 0 aliphatic carbocycles.